The van der Waals surface area contributed by atoms with E-state index in [1.807, 2.05) is 0 Å². The minimum atomic E-state index is -0.923. The van der Waals surface area contributed by atoms with Crippen molar-refractivity contribution in [3.05, 3.63) is 0 Å². The third-order valence-corrected chi connectivity index (χ3v) is 1.98. The summed E-state index contributed by atoms with van der Waals surface area (Å²) in [7, 11) is 2.85. The molecule has 12 heavy (non-hydrogen) atoms. The minimum Gasteiger partial charge on any atom is -0.481 e. The number of carbonyl (C=O) groups excluding carboxylic acids is 1. The molecule has 0 radical (unpaired) electrons. The van der Waals surface area contributed by atoms with Gasteiger partial charge in [-0.2, -0.15) is 0 Å². The van der Waals surface area contributed by atoms with E-state index >= 15 is 0 Å². The normalized spacial score (nSPS) is 9.50. The largest absolute Gasteiger partial charge is 0.481 e. The quantitative estimate of drug-likeness (QED) is 0.614. The molecule has 1 N–H and O–H groups in total. The second-order valence-electron chi connectivity index (χ2n) is 1.96. The summed E-state index contributed by atoms with van der Waals surface area (Å²) in [5.74, 6) is -1.11. The fraction of sp³-hybridized carbons (Fsp3) is 0.667. The molecule has 0 aliphatic heterocycles. The molecule has 0 unspecified atom stereocenters. The van der Waals surface area contributed by atoms with Crippen molar-refractivity contribution in [1.82, 2.24) is 5.06 Å². The van der Waals surface area contributed by atoms with Gasteiger partial charge in [0.25, 0.3) is 5.91 Å². The van der Waals surface area contributed by atoms with E-state index in [0.29, 0.717) is 0 Å². The number of carboxylic acid groups (broad SMARTS) is 1. The number of hydrogen-bond acceptors (Lipinski definition) is 4. The molecule has 0 heterocycles. The Kier molecular flexibility index (Phi) is 5.48. The first-order chi connectivity index (χ1) is 5.57. The molecule has 6 heteroatoms. The van der Waals surface area contributed by atoms with Gasteiger partial charge in [-0.3, -0.25) is 14.4 Å². The van der Waals surface area contributed by atoms with Gasteiger partial charge >= 0.3 is 5.97 Å². The SMILES string of the molecule is CON(C)C(=O)CSCC(=O)O. The van der Waals surface area contributed by atoms with Crippen molar-refractivity contribution in [1.29, 1.82) is 0 Å². The Morgan fingerprint density at radius 3 is 2.50 bits per heavy atom. The van der Waals surface area contributed by atoms with Crippen LogP contribution in [0.1, 0.15) is 0 Å². The summed E-state index contributed by atoms with van der Waals surface area (Å²) >= 11 is 1.04. The zero-order chi connectivity index (χ0) is 9.56. The van der Waals surface area contributed by atoms with E-state index in [1.165, 1.54) is 14.2 Å². The van der Waals surface area contributed by atoms with Crippen molar-refractivity contribution in [2.75, 3.05) is 25.7 Å². The van der Waals surface area contributed by atoms with E-state index in [1.54, 1.807) is 0 Å². The summed E-state index contributed by atoms with van der Waals surface area (Å²) in [4.78, 5) is 25.6. The lowest BCUT2D eigenvalue weighted by molar-refractivity contribution is -0.165. The third kappa shape index (κ3) is 4.97. The predicted octanol–water partition coefficient (Wildman–Crippen LogP) is -0.176. The molecule has 0 aromatic rings. The molecule has 0 saturated heterocycles. The Morgan fingerprint density at radius 1 is 1.50 bits per heavy atom. The van der Waals surface area contributed by atoms with E-state index in [-0.39, 0.29) is 17.4 Å². The Balaban J connectivity index is 3.50. The highest BCUT2D eigenvalue weighted by Crippen LogP contribution is 2.00. The van der Waals surface area contributed by atoms with Crippen molar-refractivity contribution in [2.24, 2.45) is 0 Å². The first kappa shape index (κ1) is 11.2. The summed E-state index contributed by atoms with van der Waals surface area (Å²) in [5.41, 5.74) is 0. The smallest absolute Gasteiger partial charge is 0.313 e. The number of thioether (sulfide) groups is 1. The highest BCUT2D eigenvalue weighted by atomic mass is 32.2. The molecule has 0 fully saturated rings. The Bertz CT molecular complexity index is 173. The van der Waals surface area contributed by atoms with Crippen LogP contribution in [0.2, 0.25) is 0 Å². The second kappa shape index (κ2) is 5.84. The van der Waals surface area contributed by atoms with Crippen LogP contribution in [-0.4, -0.2) is 47.7 Å². The molecular formula is C6H11NO4S. The van der Waals surface area contributed by atoms with Crippen molar-refractivity contribution in [3.63, 3.8) is 0 Å². The third-order valence-electron chi connectivity index (χ3n) is 1.08. The lowest BCUT2D eigenvalue weighted by Gasteiger charge is -2.12. The average Bonchev–Trinajstić information content (AvgIpc) is 2.02. The number of aliphatic carboxylic acids is 1. The van der Waals surface area contributed by atoms with Gasteiger partial charge in [-0.25, -0.2) is 5.06 Å². The van der Waals surface area contributed by atoms with Gasteiger partial charge in [0, 0.05) is 7.05 Å². The first-order valence-corrected chi connectivity index (χ1v) is 4.33. The molecule has 0 aromatic heterocycles. The summed E-state index contributed by atoms with van der Waals surface area (Å²) in [5, 5.41) is 9.31. The van der Waals surface area contributed by atoms with Gasteiger partial charge in [0.1, 0.15) is 0 Å². The maximum Gasteiger partial charge on any atom is 0.313 e. The second-order valence-corrected chi connectivity index (χ2v) is 2.95. The van der Waals surface area contributed by atoms with Crippen LogP contribution in [-0.2, 0) is 14.4 Å². The Morgan fingerprint density at radius 2 is 2.08 bits per heavy atom. The van der Waals surface area contributed by atoms with Crippen LogP contribution >= 0.6 is 11.8 Å². The Labute approximate surface area is 74.6 Å². The molecule has 0 aliphatic rings. The standard InChI is InChI=1S/C6H11NO4S/c1-7(11-2)5(8)3-12-4-6(9)10/h3-4H2,1-2H3,(H,9,10). The van der Waals surface area contributed by atoms with Crippen LogP contribution in [0.15, 0.2) is 0 Å². The predicted molar refractivity (Wildman–Crippen MR) is 44.7 cm³/mol. The molecule has 0 aliphatic carbocycles. The monoisotopic (exact) mass is 193 g/mol. The zero-order valence-corrected chi connectivity index (χ0v) is 7.76. The molecule has 0 aromatic carbocycles. The molecule has 0 saturated carbocycles. The number of rotatable bonds is 5. The number of hydroxylamine groups is 2. The molecule has 0 bridgehead atoms. The fourth-order valence-corrected chi connectivity index (χ4v) is 1.05. The van der Waals surface area contributed by atoms with E-state index in [4.69, 9.17) is 5.11 Å². The van der Waals surface area contributed by atoms with Gasteiger partial charge in [-0.15, -0.1) is 11.8 Å². The van der Waals surface area contributed by atoms with E-state index < -0.39 is 5.97 Å². The molecule has 1 amide bonds. The van der Waals surface area contributed by atoms with E-state index in [9.17, 15) is 9.59 Å². The highest BCUT2D eigenvalue weighted by molar-refractivity contribution is 8.00. The van der Waals surface area contributed by atoms with Crippen molar-refractivity contribution in [2.45, 2.75) is 0 Å². The van der Waals surface area contributed by atoms with E-state index in [2.05, 4.69) is 4.84 Å². The van der Waals surface area contributed by atoms with Crippen molar-refractivity contribution >= 4 is 23.6 Å². The van der Waals surface area contributed by atoms with Crippen LogP contribution in [0.4, 0.5) is 0 Å². The van der Waals surface area contributed by atoms with Crippen LogP contribution < -0.4 is 0 Å². The lowest BCUT2D eigenvalue weighted by Crippen LogP contribution is -2.27. The van der Waals surface area contributed by atoms with Gasteiger partial charge in [0.15, 0.2) is 0 Å². The molecular weight excluding hydrogens is 182 g/mol. The van der Waals surface area contributed by atoms with Crippen molar-refractivity contribution in [3.8, 4) is 0 Å². The number of carbonyl (C=O) groups is 2. The van der Waals surface area contributed by atoms with Crippen LogP contribution in [0, 0.1) is 0 Å². The topological polar surface area (TPSA) is 66.8 Å². The van der Waals surface area contributed by atoms with Gasteiger partial charge in [-0.05, 0) is 0 Å². The Hall–Kier alpha value is -0.750. The van der Waals surface area contributed by atoms with Gasteiger partial charge in [0.2, 0.25) is 0 Å². The average molecular weight is 193 g/mol. The molecule has 0 rings (SSSR count). The van der Waals surface area contributed by atoms with Gasteiger partial charge < -0.3 is 5.11 Å². The fourth-order valence-electron chi connectivity index (χ4n) is 0.418. The van der Waals surface area contributed by atoms with Crippen molar-refractivity contribution < 1.29 is 19.5 Å². The van der Waals surface area contributed by atoms with Crippen LogP contribution in [0.25, 0.3) is 0 Å². The lowest BCUT2D eigenvalue weighted by atomic mass is 10.7. The summed E-state index contributed by atoms with van der Waals surface area (Å²) in [6, 6.07) is 0. The van der Waals surface area contributed by atoms with Crippen LogP contribution in [0.3, 0.4) is 0 Å². The summed E-state index contributed by atoms with van der Waals surface area (Å²) in [6.07, 6.45) is 0. The summed E-state index contributed by atoms with van der Waals surface area (Å²) in [6.45, 7) is 0. The maximum atomic E-state index is 10.9. The van der Waals surface area contributed by atoms with Gasteiger partial charge in [0.05, 0.1) is 18.6 Å². The number of amides is 1. The number of carboxylic acids is 1. The zero-order valence-electron chi connectivity index (χ0n) is 6.94. The molecule has 5 nitrogen and oxygen atoms in total. The minimum absolute atomic E-state index is 0.0662. The molecule has 70 valence electrons. The van der Waals surface area contributed by atoms with Gasteiger partial charge in [-0.1, -0.05) is 0 Å². The highest BCUT2D eigenvalue weighted by Gasteiger charge is 2.08. The molecule has 0 spiro atoms. The maximum absolute atomic E-state index is 10.9. The molecule has 0 atom stereocenters. The number of hydrogen-bond donors (Lipinski definition) is 1. The first-order valence-electron chi connectivity index (χ1n) is 3.18. The van der Waals surface area contributed by atoms with Crippen LogP contribution in [0.5, 0.6) is 0 Å². The number of nitrogens with zero attached hydrogens (tertiary/aromatic N) is 1. The summed E-state index contributed by atoms with van der Waals surface area (Å²) < 4.78 is 0. The van der Waals surface area contributed by atoms with E-state index in [0.717, 1.165) is 16.8 Å².